The molecule has 0 saturated carbocycles. The molecule has 150 valence electrons. The largest absolute Gasteiger partial charge is 0.493 e. The molecule has 2 aliphatic rings. The van der Waals surface area contributed by atoms with Gasteiger partial charge in [0.15, 0.2) is 0 Å². The number of nitrogens with zero attached hydrogens (tertiary/aromatic N) is 3. The molecule has 2 aliphatic heterocycles. The third-order valence-corrected chi connectivity index (χ3v) is 4.88. The van der Waals surface area contributed by atoms with Crippen LogP contribution in [-0.4, -0.2) is 43.3 Å². The highest BCUT2D eigenvalue weighted by molar-refractivity contribution is 6.11. The lowest BCUT2D eigenvalue weighted by Gasteiger charge is -2.18. The number of nitrogen functional groups attached to an aromatic ring is 1. The van der Waals surface area contributed by atoms with Crippen molar-refractivity contribution < 1.29 is 4.74 Å². The fraction of sp³-hybridized carbons (Fsp3) is 0.304. The minimum atomic E-state index is 0.617. The zero-order valence-corrected chi connectivity index (χ0v) is 16.8. The molecule has 0 aliphatic carbocycles. The number of hydrogen-bond donors (Lipinski definition) is 2. The standard InChI is InChI=1S/C23H27N5O/c1-28-10-3-2-4-11-29-21-7-5-6-18(14-21)22-8-9-25-23(27-22)26-20-13-17(16-28)12-19(24)15-20/h2-3,5-7,12-15H,4,8-11,16,24H2,1H3,(H,25,26)/b3-2+. The molecule has 2 aromatic rings. The summed E-state index contributed by atoms with van der Waals surface area (Å²) < 4.78 is 5.92. The van der Waals surface area contributed by atoms with Gasteiger partial charge in [-0.05, 0) is 54.9 Å². The average molecular weight is 390 g/mol. The third kappa shape index (κ3) is 5.23. The fourth-order valence-corrected chi connectivity index (χ4v) is 3.53. The van der Waals surface area contributed by atoms with Crippen molar-refractivity contribution in [3.63, 3.8) is 0 Å². The average Bonchev–Trinajstić information content (AvgIpc) is 2.70. The SMILES string of the molecule is CN1C/C=C/CCOc2cccc(c2)C2=NC(=NCC2)Nc2cc(N)cc(c2)C1. The van der Waals surface area contributed by atoms with Crippen LogP contribution >= 0.6 is 0 Å². The quantitative estimate of drug-likeness (QED) is 0.532. The molecular formula is C23H27N5O. The highest BCUT2D eigenvalue weighted by atomic mass is 16.5. The number of likely N-dealkylation sites (N-methyl/N-ethyl adjacent to an activating group) is 1. The van der Waals surface area contributed by atoms with Crippen molar-refractivity contribution in [1.82, 2.24) is 4.90 Å². The van der Waals surface area contributed by atoms with Crippen molar-refractivity contribution in [2.45, 2.75) is 19.4 Å². The van der Waals surface area contributed by atoms with Crippen molar-refractivity contribution in [3.05, 3.63) is 65.7 Å². The molecular weight excluding hydrogens is 362 g/mol. The van der Waals surface area contributed by atoms with E-state index >= 15 is 0 Å². The zero-order valence-electron chi connectivity index (χ0n) is 16.8. The maximum Gasteiger partial charge on any atom is 0.222 e. The van der Waals surface area contributed by atoms with E-state index in [1.807, 2.05) is 24.3 Å². The molecule has 0 atom stereocenters. The van der Waals surface area contributed by atoms with Crippen LogP contribution in [0, 0.1) is 0 Å². The van der Waals surface area contributed by atoms with Gasteiger partial charge in [0.25, 0.3) is 0 Å². The number of rotatable bonds is 0. The van der Waals surface area contributed by atoms with Gasteiger partial charge in [0.2, 0.25) is 5.96 Å². The number of nitrogens with two attached hydrogens (primary N) is 1. The van der Waals surface area contributed by atoms with E-state index in [1.165, 1.54) is 0 Å². The Morgan fingerprint density at radius 2 is 2.07 bits per heavy atom. The van der Waals surface area contributed by atoms with Gasteiger partial charge < -0.3 is 15.8 Å². The molecule has 0 spiro atoms. The van der Waals surface area contributed by atoms with Gasteiger partial charge in [-0.1, -0.05) is 24.3 Å². The lowest BCUT2D eigenvalue weighted by molar-refractivity contribution is 0.324. The van der Waals surface area contributed by atoms with E-state index in [0.29, 0.717) is 19.1 Å². The summed E-state index contributed by atoms with van der Waals surface area (Å²) in [6.07, 6.45) is 6.04. The normalized spacial score (nSPS) is 18.9. The molecule has 0 aromatic heterocycles. The molecule has 0 fully saturated rings. The predicted octanol–water partition coefficient (Wildman–Crippen LogP) is 3.70. The summed E-state index contributed by atoms with van der Waals surface area (Å²) >= 11 is 0. The second kappa shape index (κ2) is 8.92. The van der Waals surface area contributed by atoms with Gasteiger partial charge in [-0.25, -0.2) is 4.99 Å². The van der Waals surface area contributed by atoms with E-state index in [0.717, 1.165) is 59.9 Å². The van der Waals surface area contributed by atoms with Crippen LogP contribution in [0.4, 0.5) is 11.4 Å². The Labute approximate surface area is 171 Å². The maximum atomic E-state index is 6.14. The first-order valence-corrected chi connectivity index (χ1v) is 10.0. The van der Waals surface area contributed by atoms with Crippen molar-refractivity contribution >= 4 is 23.0 Å². The number of benzene rings is 2. The van der Waals surface area contributed by atoms with Gasteiger partial charge in [-0.3, -0.25) is 9.89 Å². The Bertz CT molecular complexity index is 963. The Kier molecular flexibility index (Phi) is 5.91. The summed E-state index contributed by atoms with van der Waals surface area (Å²) in [6, 6.07) is 14.2. The van der Waals surface area contributed by atoms with Gasteiger partial charge in [0.1, 0.15) is 5.75 Å². The van der Waals surface area contributed by atoms with Crippen molar-refractivity contribution in [2.24, 2.45) is 9.98 Å². The van der Waals surface area contributed by atoms with Crippen molar-refractivity contribution in [1.29, 1.82) is 0 Å². The van der Waals surface area contributed by atoms with Crippen LogP contribution in [0.25, 0.3) is 0 Å². The van der Waals surface area contributed by atoms with Crippen LogP contribution in [0.5, 0.6) is 5.75 Å². The van der Waals surface area contributed by atoms with Crippen LogP contribution in [0.15, 0.2) is 64.6 Å². The Balaban J connectivity index is 1.66. The van der Waals surface area contributed by atoms with Gasteiger partial charge in [0.05, 0.1) is 12.3 Å². The highest BCUT2D eigenvalue weighted by Crippen LogP contribution is 2.21. The summed E-state index contributed by atoms with van der Waals surface area (Å²) in [6.45, 7) is 3.04. The Hall–Kier alpha value is -3.12. The molecule has 4 rings (SSSR count). The summed E-state index contributed by atoms with van der Waals surface area (Å²) in [4.78, 5) is 11.5. The van der Waals surface area contributed by atoms with Gasteiger partial charge in [-0.2, -0.15) is 0 Å². The molecule has 0 amide bonds. The molecule has 6 bridgehead atoms. The molecule has 6 nitrogen and oxygen atoms in total. The van der Waals surface area contributed by atoms with E-state index in [9.17, 15) is 0 Å². The molecule has 0 saturated heterocycles. The van der Waals surface area contributed by atoms with Gasteiger partial charge in [-0.15, -0.1) is 0 Å². The van der Waals surface area contributed by atoms with Crippen molar-refractivity contribution in [2.75, 3.05) is 37.8 Å². The number of hydrogen-bond acceptors (Lipinski definition) is 6. The predicted molar refractivity (Wildman–Crippen MR) is 120 cm³/mol. The lowest BCUT2D eigenvalue weighted by Crippen LogP contribution is -2.20. The summed E-state index contributed by atoms with van der Waals surface area (Å²) in [5.74, 6) is 1.49. The summed E-state index contributed by atoms with van der Waals surface area (Å²) in [5.41, 5.74) is 11.0. The number of ether oxygens (including phenoxy) is 1. The van der Waals surface area contributed by atoms with Crippen LogP contribution in [0.2, 0.25) is 0 Å². The molecule has 29 heavy (non-hydrogen) atoms. The van der Waals surface area contributed by atoms with E-state index in [-0.39, 0.29) is 0 Å². The second-order valence-electron chi connectivity index (χ2n) is 7.44. The minimum Gasteiger partial charge on any atom is -0.493 e. The van der Waals surface area contributed by atoms with E-state index < -0.39 is 0 Å². The first-order chi connectivity index (χ1) is 14.2. The molecule has 0 unspecified atom stereocenters. The monoisotopic (exact) mass is 389 g/mol. The zero-order chi connectivity index (χ0) is 20.1. The molecule has 2 heterocycles. The van der Waals surface area contributed by atoms with Crippen LogP contribution in [0.3, 0.4) is 0 Å². The highest BCUT2D eigenvalue weighted by Gasteiger charge is 2.13. The molecule has 2 aromatic carbocycles. The number of anilines is 2. The van der Waals surface area contributed by atoms with Crippen LogP contribution < -0.4 is 15.8 Å². The van der Waals surface area contributed by atoms with Crippen LogP contribution in [0.1, 0.15) is 24.0 Å². The third-order valence-electron chi connectivity index (χ3n) is 4.88. The molecule has 3 N–H and O–H groups in total. The lowest BCUT2D eigenvalue weighted by atomic mass is 10.1. The van der Waals surface area contributed by atoms with Crippen molar-refractivity contribution in [3.8, 4) is 5.75 Å². The van der Waals surface area contributed by atoms with E-state index in [1.54, 1.807) is 0 Å². The number of aliphatic imine (C=N–C) groups is 2. The fourth-order valence-electron chi connectivity index (χ4n) is 3.53. The second-order valence-corrected chi connectivity index (χ2v) is 7.44. The van der Waals surface area contributed by atoms with Crippen LogP contribution in [-0.2, 0) is 6.54 Å². The summed E-state index contributed by atoms with van der Waals surface area (Å²) in [7, 11) is 2.10. The van der Waals surface area contributed by atoms with E-state index in [4.69, 9.17) is 15.5 Å². The smallest absolute Gasteiger partial charge is 0.222 e. The topological polar surface area (TPSA) is 75.2 Å². The Morgan fingerprint density at radius 3 is 3.00 bits per heavy atom. The van der Waals surface area contributed by atoms with Gasteiger partial charge >= 0.3 is 0 Å². The number of nitrogens with one attached hydrogen (secondary N) is 1. The minimum absolute atomic E-state index is 0.617. The molecule has 0 radical (unpaired) electrons. The number of guanidine groups is 1. The first kappa shape index (κ1) is 19.2. The van der Waals surface area contributed by atoms with E-state index in [2.05, 4.69) is 52.6 Å². The maximum absolute atomic E-state index is 6.14. The van der Waals surface area contributed by atoms with Gasteiger partial charge in [0, 0.05) is 37.4 Å². The summed E-state index contributed by atoms with van der Waals surface area (Å²) in [5, 5.41) is 3.34. The molecule has 6 heteroatoms. The number of fused-ring (bicyclic) bond motifs is 6. The Morgan fingerprint density at radius 1 is 1.14 bits per heavy atom. The first-order valence-electron chi connectivity index (χ1n) is 10.0.